The van der Waals surface area contributed by atoms with E-state index in [1.165, 1.54) is 0 Å². The summed E-state index contributed by atoms with van der Waals surface area (Å²) in [6, 6.07) is 0. The summed E-state index contributed by atoms with van der Waals surface area (Å²) in [5.74, 6) is -6.98. The van der Waals surface area contributed by atoms with Crippen molar-refractivity contribution < 1.29 is 90.5 Å². The molecule has 2 fully saturated rings. The topological polar surface area (TPSA) is 238 Å². The van der Waals surface area contributed by atoms with Crippen molar-refractivity contribution in [3.8, 4) is 0 Å². The molecule has 47 heavy (non-hydrogen) atoms. The standard InChI is InChI=1S/C28H38O19/c1-11(29)37-9-19-21(39-13(3)31)23(41-15(5)33)25(43-17(7)35)27(45-19)47-28-26(44-18(8)36)24(42-16(6)34)22(40-14(4)32)20(46-28)10-38-12(2)30/h19-28H,9-10H2,1-8H3/t19-,20-,21-,22+,23+,24+,25+,26-,27-,28-/m1/s1. The van der Waals surface area contributed by atoms with Crippen LogP contribution < -0.4 is 0 Å². The van der Waals surface area contributed by atoms with E-state index < -0.39 is 122 Å². The van der Waals surface area contributed by atoms with Crippen molar-refractivity contribution in [3.63, 3.8) is 0 Å². The van der Waals surface area contributed by atoms with Crippen LogP contribution in [0.5, 0.6) is 0 Å². The zero-order chi connectivity index (χ0) is 35.6. The molecule has 2 aliphatic heterocycles. The van der Waals surface area contributed by atoms with E-state index in [4.69, 9.17) is 52.1 Å². The Labute approximate surface area is 268 Å². The Morgan fingerprint density at radius 2 is 0.638 bits per heavy atom. The van der Waals surface area contributed by atoms with Crippen molar-refractivity contribution >= 4 is 47.8 Å². The highest BCUT2D eigenvalue weighted by Gasteiger charge is 2.57. The fraction of sp³-hybridized carbons (Fsp3) is 0.714. The normalized spacial score (nSPS) is 30.0. The van der Waals surface area contributed by atoms with Crippen LogP contribution in [0.3, 0.4) is 0 Å². The fourth-order valence-electron chi connectivity index (χ4n) is 4.73. The number of carbonyl (C=O) groups excluding carboxylic acids is 8. The quantitative estimate of drug-likeness (QED) is 0.181. The third-order valence-corrected chi connectivity index (χ3v) is 6.16. The van der Waals surface area contributed by atoms with Gasteiger partial charge in [-0.2, -0.15) is 0 Å². The summed E-state index contributed by atoms with van der Waals surface area (Å²) in [5.41, 5.74) is 0. The van der Waals surface area contributed by atoms with Gasteiger partial charge in [0.1, 0.15) is 25.4 Å². The predicted molar refractivity (Wildman–Crippen MR) is 145 cm³/mol. The van der Waals surface area contributed by atoms with Gasteiger partial charge in [0.15, 0.2) is 36.6 Å². The molecule has 0 aliphatic carbocycles. The van der Waals surface area contributed by atoms with Crippen molar-refractivity contribution in [1.82, 2.24) is 0 Å². The molecule has 10 atom stereocenters. The average Bonchev–Trinajstić information content (AvgIpc) is 2.91. The highest BCUT2D eigenvalue weighted by Crippen LogP contribution is 2.35. The molecule has 2 aliphatic rings. The van der Waals surface area contributed by atoms with Crippen molar-refractivity contribution in [3.05, 3.63) is 0 Å². The number of esters is 8. The molecule has 0 aromatic carbocycles. The maximum atomic E-state index is 12.2. The van der Waals surface area contributed by atoms with Crippen LogP contribution in [0.15, 0.2) is 0 Å². The molecule has 19 heteroatoms. The summed E-state index contributed by atoms with van der Waals surface area (Å²) in [6.45, 7) is 7.10. The van der Waals surface area contributed by atoms with E-state index >= 15 is 0 Å². The Morgan fingerprint density at radius 3 is 0.894 bits per heavy atom. The molecule has 0 radical (unpaired) electrons. The first-order valence-corrected chi connectivity index (χ1v) is 14.2. The molecule has 2 heterocycles. The molecule has 2 rings (SSSR count). The Balaban J connectivity index is 2.69. The van der Waals surface area contributed by atoms with Gasteiger partial charge in [0.25, 0.3) is 0 Å². The minimum absolute atomic E-state index is 0.587. The Hall–Kier alpha value is -4.36. The molecule has 19 nitrogen and oxygen atoms in total. The number of ether oxygens (including phenoxy) is 11. The predicted octanol–water partition coefficient (Wildman–Crippen LogP) is -0.831. The van der Waals surface area contributed by atoms with E-state index in [1.807, 2.05) is 0 Å². The second-order valence-corrected chi connectivity index (χ2v) is 10.3. The minimum atomic E-state index is -1.84. The van der Waals surface area contributed by atoms with Crippen LogP contribution in [0, 0.1) is 0 Å². The van der Waals surface area contributed by atoms with E-state index in [1.54, 1.807) is 0 Å². The molecule has 0 amide bonds. The lowest BCUT2D eigenvalue weighted by atomic mass is 9.96. The third kappa shape index (κ3) is 12.1. The Morgan fingerprint density at radius 1 is 0.383 bits per heavy atom. The number of rotatable bonds is 12. The van der Waals surface area contributed by atoms with Crippen LogP contribution in [0.25, 0.3) is 0 Å². The summed E-state index contributed by atoms with van der Waals surface area (Å²) in [7, 11) is 0. The van der Waals surface area contributed by atoms with Crippen molar-refractivity contribution in [2.45, 2.75) is 117 Å². The maximum absolute atomic E-state index is 12.2. The van der Waals surface area contributed by atoms with Gasteiger partial charge in [0, 0.05) is 55.4 Å². The summed E-state index contributed by atoms with van der Waals surface area (Å²) < 4.78 is 60.1. The lowest BCUT2D eigenvalue weighted by Crippen LogP contribution is -2.66. The van der Waals surface area contributed by atoms with Gasteiger partial charge in [0.2, 0.25) is 12.6 Å². The molecular formula is C28H38O19. The molecule has 0 N–H and O–H groups in total. The molecule has 0 aromatic heterocycles. The second-order valence-electron chi connectivity index (χ2n) is 10.3. The molecule has 2 saturated heterocycles. The van der Waals surface area contributed by atoms with Gasteiger partial charge >= 0.3 is 47.8 Å². The monoisotopic (exact) mass is 678 g/mol. The first-order chi connectivity index (χ1) is 21.9. The van der Waals surface area contributed by atoms with E-state index in [2.05, 4.69) is 0 Å². The highest BCUT2D eigenvalue weighted by atomic mass is 16.8. The molecule has 0 unspecified atom stereocenters. The van der Waals surface area contributed by atoms with Crippen LogP contribution >= 0.6 is 0 Å². The minimum Gasteiger partial charge on any atom is -0.463 e. The first-order valence-electron chi connectivity index (χ1n) is 14.2. The van der Waals surface area contributed by atoms with Gasteiger partial charge < -0.3 is 52.1 Å². The van der Waals surface area contributed by atoms with Crippen LogP contribution in [0.2, 0.25) is 0 Å². The highest BCUT2D eigenvalue weighted by molar-refractivity contribution is 5.70. The van der Waals surface area contributed by atoms with Gasteiger partial charge in [-0.1, -0.05) is 0 Å². The van der Waals surface area contributed by atoms with Crippen molar-refractivity contribution in [2.24, 2.45) is 0 Å². The Kier molecular flexibility index (Phi) is 14.5. The van der Waals surface area contributed by atoms with E-state index in [0.717, 1.165) is 55.4 Å². The van der Waals surface area contributed by atoms with E-state index in [0.29, 0.717) is 0 Å². The fourth-order valence-corrected chi connectivity index (χ4v) is 4.73. The SMILES string of the molecule is CC(=O)OC[C@H]1O[C@H](O[C@H]2O[C@H](COC(C)=O)[C@@H](OC(C)=O)[C@H](OC(C)=O)[C@@H]2OC(C)=O)[C@H](OC(C)=O)[C@@H](OC(C)=O)[C@H]1OC(C)=O. The lowest BCUT2D eigenvalue weighted by molar-refractivity contribution is -0.377. The van der Waals surface area contributed by atoms with E-state index in [-0.39, 0.29) is 0 Å². The average molecular weight is 679 g/mol. The first kappa shape index (κ1) is 38.8. The van der Waals surface area contributed by atoms with Crippen molar-refractivity contribution in [2.75, 3.05) is 13.2 Å². The molecular weight excluding hydrogens is 640 g/mol. The van der Waals surface area contributed by atoms with Crippen LogP contribution in [-0.4, -0.2) is 122 Å². The smallest absolute Gasteiger partial charge is 0.303 e. The summed E-state index contributed by atoms with van der Waals surface area (Å²) in [4.78, 5) is 96.2. The van der Waals surface area contributed by atoms with Crippen LogP contribution in [0.4, 0.5) is 0 Å². The Bertz CT molecular complexity index is 1110. The molecule has 264 valence electrons. The van der Waals surface area contributed by atoms with Gasteiger partial charge in [-0.3, -0.25) is 38.4 Å². The molecule has 0 bridgehead atoms. The number of hydrogen-bond acceptors (Lipinski definition) is 19. The van der Waals surface area contributed by atoms with Gasteiger partial charge in [-0.15, -0.1) is 0 Å². The summed E-state index contributed by atoms with van der Waals surface area (Å²) in [6.07, 6.45) is -16.3. The molecule has 0 aromatic rings. The largest absolute Gasteiger partial charge is 0.463 e. The second kappa shape index (κ2) is 17.5. The summed E-state index contributed by atoms with van der Waals surface area (Å²) in [5, 5.41) is 0. The third-order valence-electron chi connectivity index (χ3n) is 6.16. The lowest BCUT2D eigenvalue weighted by Gasteiger charge is -2.48. The van der Waals surface area contributed by atoms with Gasteiger partial charge in [0.05, 0.1) is 0 Å². The van der Waals surface area contributed by atoms with Crippen LogP contribution in [0.1, 0.15) is 55.4 Å². The number of hydrogen-bond donors (Lipinski definition) is 0. The van der Waals surface area contributed by atoms with Crippen molar-refractivity contribution in [1.29, 1.82) is 0 Å². The van der Waals surface area contributed by atoms with E-state index in [9.17, 15) is 38.4 Å². The zero-order valence-electron chi connectivity index (χ0n) is 26.9. The maximum Gasteiger partial charge on any atom is 0.303 e. The van der Waals surface area contributed by atoms with Gasteiger partial charge in [-0.05, 0) is 0 Å². The molecule has 0 saturated carbocycles. The molecule has 0 spiro atoms. The van der Waals surface area contributed by atoms with Gasteiger partial charge in [-0.25, -0.2) is 0 Å². The zero-order valence-corrected chi connectivity index (χ0v) is 26.9. The summed E-state index contributed by atoms with van der Waals surface area (Å²) >= 11 is 0. The number of carbonyl (C=O) groups is 8. The van der Waals surface area contributed by atoms with Crippen LogP contribution in [-0.2, 0) is 90.5 Å².